The van der Waals surface area contributed by atoms with Gasteiger partial charge in [-0.05, 0) is 48.4 Å². The van der Waals surface area contributed by atoms with Gasteiger partial charge in [0.15, 0.2) is 11.5 Å². The summed E-state index contributed by atoms with van der Waals surface area (Å²) in [5.74, 6) is 0.778. The van der Waals surface area contributed by atoms with E-state index in [2.05, 4.69) is 17.6 Å². The summed E-state index contributed by atoms with van der Waals surface area (Å²) >= 11 is 7.76. The lowest BCUT2D eigenvalue weighted by Gasteiger charge is -2.27. The average Bonchev–Trinajstić information content (AvgIpc) is 2.94. The number of nitrogens with one attached hydrogen (secondary N) is 2. The first-order valence-corrected chi connectivity index (χ1v) is 9.45. The van der Waals surface area contributed by atoms with Crippen LogP contribution in [0.25, 0.3) is 0 Å². The van der Waals surface area contributed by atoms with Crippen LogP contribution in [0, 0.1) is 5.92 Å². The molecule has 25 heavy (non-hydrogen) atoms. The molecule has 2 heterocycles. The third kappa shape index (κ3) is 2.73. The summed E-state index contributed by atoms with van der Waals surface area (Å²) in [4.78, 5) is 14.0. The Balaban J connectivity index is 1.71. The van der Waals surface area contributed by atoms with Crippen LogP contribution in [0.15, 0.2) is 12.1 Å². The van der Waals surface area contributed by atoms with E-state index in [1.54, 1.807) is 23.5 Å². The highest BCUT2D eigenvalue weighted by molar-refractivity contribution is 7.16. The van der Waals surface area contributed by atoms with Gasteiger partial charge in [-0.1, -0.05) is 18.5 Å². The average molecular weight is 379 g/mol. The minimum absolute atomic E-state index is 0.0611. The molecule has 0 radical (unpaired) electrons. The summed E-state index contributed by atoms with van der Waals surface area (Å²) in [6, 6.07) is 3.32. The van der Waals surface area contributed by atoms with Gasteiger partial charge in [-0.25, -0.2) is 0 Å². The van der Waals surface area contributed by atoms with Crippen molar-refractivity contribution in [3.8, 4) is 11.5 Å². The number of anilines is 1. The molecular formula is C18H19ClN2O3S. The van der Waals surface area contributed by atoms with E-state index in [9.17, 15) is 9.90 Å². The van der Waals surface area contributed by atoms with Gasteiger partial charge in [0.2, 0.25) is 0 Å². The number of amides is 1. The van der Waals surface area contributed by atoms with Crippen molar-refractivity contribution in [2.45, 2.75) is 32.4 Å². The highest BCUT2D eigenvalue weighted by atomic mass is 35.5. The highest BCUT2D eigenvalue weighted by Gasteiger charge is 2.33. The smallest absolute Gasteiger partial charge is 0.256 e. The summed E-state index contributed by atoms with van der Waals surface area (Å²) in [6.07, 6.45) is 2.70. The molecule has 0 saturated heterocycles. The van der Waals surface area contributed by atoms with Gasteiger partial charge in [0, 0.05) is 4.88 Å². The van der Waals surface area contributed by atoms with E-state index >= 15 is 0 Å². The minimum atomic E-state index is -0.412. The second kappa shape index (κ2) is 6.11. The molecule has 1 aliphatic heterocycles. The van der Waals surface area contributed by atoms with Gasteiger partial charge in [-0.15, -0.1) is 11.3 Å². The van der Waals surface area contributed by atoms with Crippen LogP contribution < -0.4 is 15.4 Å². The van der Waals surface area contributed by atoms with Crippen LogP contribution in [0.4, 0.5) is 5.00 Å². The number of ether oxygens (including phenoxy) is 1. The fraction of sp³-hybridized carbons (Fsp3) is 0.389. The van der Waals surface area contributed by atoms with Gasteiger partial charge in [-0.2, -0.15) is 0 Å². The fourth-order valence-corrected chi connectivity index (χ4v) is 5.20. The molecule has 3 N–H and O–H groups in total. The molecule has 1 amide bonds. The Bertz CT molecular complexity index is 864. The van der Waals surface area contributed by atoms with Crippen LogP contribution >= 0.6 is 22.9 Å². The maximum Gasteiger partial charge on any atom is 0.256 e. The van der Waals surface area contributed by atoms with Crippen molar-refractivity contribution in [2.75, 3.05) is 12.4 Å². The van der Waals surface area contributed by atoms with E-state index in [4.69, 9.17) is 16.3 Å². The summed E-state index contributed by atoms with van der Waals surface area (Å²) in [5.41, 5.74) is 2.72. The Morgan fingerprint density at radius 1 is 1.36 bits per heavy atom. The number of carbonyl (C=O) groups excluding carboxylic acids is 1. The predicted octanol–water partition coefficient (Wildman–Crippen LogP) is 4.09. The fourth-order valence-electron chi connectivity index (χ4n) is 3.55. The molecule has 0 unspecified atom stereocenters. The van der Waals surface area contributed by atoms with Gasteiger partial charge in [0.1, 0.15) is 11.2 Å². The standard InChI is InChI=1S/C18H19ClN2O3S/c1-8-3-4-10-13(5-8)25-18-14(10)17(23)20-16(21-18)9-6-11(19)15(22)12(7-9)24-2/h6-8,16,21-22H,3-5H2,1-2H3,(H,20,23)/t8-,16-/m0/s1. The highest BCUT2D eigenvalue weighted by Crippen LogP contribution is 2.43. The molecule has 0 saturated carbocycles. The van der Waals surface area contributed by atoms with Crippen molar-refractivity contribution in [3.05, 3.63) is 38.7 Å². The zero-order valence-electron chi connectivity index (χ0n) is 14.0. The van der Waals surface area contributed by atoms with Gasteiger partial charge in [0.25, 0.3) is 5.91 Å². The van der Waals surface area contributed by atoms with Gasteiger partial charge in [-0.3, -0.25) is 4.79 Å². The second-order valence-electron chi connectivity index (χ2n) is 6.66. The molecule has 2 atom stereocenters. The van der Waals surface area contributed by atoms with E-state index < -0.39 is 6.17 Å². The van der Waals surface area contributed by atoms with Gasteiger partial charge < -0.3 is 20.5 Å². The number of thiophene rings is 1. The topological polar surface area (TPSA) is 70.6 Å². The predicted molar refractivity (Wildman–Crippen MR) is 99.0 cm³/mol. The number of fused-ring (bicyclic) bond motifs is 3. The van der Waals surface area contributed by atoms with Crippen molar-refractivity contribution in [2.24, 2.45) is 5.92 Å². The second-order valence-corrected chi connectivity index (χ2v) is 8.17. The maximum absolute atomic E-state index is 12.7. The molecule has 5 nitrogen and oxygen atoms in total. The lowest BCUT2D eigenvalue weighted by molar-refractivity contribution is 0.0935. The lowest BCUT2D eigenvalue weighted by Crippen LogP contribution is -2.38. The SMILES string of the molecule is COc1cc([C@H]2NC(=O)c3c(sc4c3CC[C@H](C)C4)N2)cc(Cl)c1O. The van der Waals surface area contributed by atoms with Gasteiger partial charge >= 0.3 is 0 Å². The maximum atomic E-state index is 12.7. The Morgan fingerprint density at radius 2 is 2.16 bits per heavy atom. The summed E-state index contributed by atoms with van der Waals surface area (Å²) in [5, 5.41) is 17.4. The number of aromatic hydroxyl groups is 1. The number of hydrogen-bond acceptors (Lipinski definition) is 5. The van der Waals surface area contributed by atoms with Crippen LogP contribution in [0.3, 0.4) is 0 Å². The van der Waals surface area contributed by atoms with Gasteiger partial charge in [0.05, 0.1) is 17.7 Å². The van der Waals surface area contributed by atoms with E-state index in [-0.39, 0.29) is 22.4 Å². The normalized spacial score (nSPS) is 21.8. The van der Waals surface area contributed by atoms with Crippen LogP contribution in [0.2, 0.25) is 5.02 Å². The number of methoxy groups -OCH3 is 1. The molecule has 4 rings (SSSR count). The molecule has 2 aliphatic rings. The molecule has 2 aromatic rings. The first kappa shape index (κ1) is 16.5. The molecule has 1 aromatic carbocycles. The number of hydrogen-bond donors (Lipinski definition) is 3. The lowest BCUT2D eigenvalue weighted by atomic mass is 9.88. The van der Waals surface area contributed by atoms with Crippen LogP contribution in [-0.4, -0.2) is 18.1 Å². The number of halogens is 1. The third-order valence-electron chi connectivity index (χ3n) is 4.89. The summed E-state index contributed by atoms with van der Waals surface area (Å²) in [6.45, 7) is 2.25. The number of rotatable bonds is 2. The van der Waals surface area contributed by atoms with E-state index in [0.717, 1.165) is 35.4 Å². The van der Waals surface area contributed by atoms with Crippen molar-refractivity contribution < 1.29 is 14.6 Å². The number of carbonyl (C=O) groups is 1. The Labute approximate surface area is 155 Å². The van der Waals surface area contributed by atoms with Crippen LogP contribution in [0.1, 0.15) is 45.9 Å². The van der Waals surface area contributed by atoms with Crippen molar-refractivity contribution in [1.82, 2.24) is 5.32 Å². The number of phenols is 1. The third-order valence-corrected chi connectivity index (χ3v) is 6.37. The molecule has 132 valence electrons. The van der Waals surface area contributed by atoms with Crippen LogP contribution in [-0.2, 0) is 12.8 Å². The molecular weight excluding hydrogens is 360 g/mol. The van der Waals surface area contributed by atoms with Crippen LogP contribution in [0.5, 0.6) is 11.5 Å². The van der Waals surface area contributed by atoms with E-state index in [1.165, 1.54) is 17.6 Å². The minimum Gasteiger partial charge on any atom is -0.503 e. The quantitative estimate of drug-likeness (QED) is 0.736. The molecule has 0 spiro atoms. The van der Waals surface area contributed by atoms with Crippen molar-refractivity contribution in [1.29, 1.82) is 0 Å². The molecule has 1 aromatic heterocycles. The largest absolute Gasteiger partial charge is 0.503 e. The Hall–Kier alpha value is -1.92. The molecule has 7 heteroatoms. The van der Waals surface area contributed by atoms with E-state index in [1.807, 2.05) is 0 Å². The summed E-state index contributed by atoms with van der Waals surface area (Å²) in [7, 11) is 1.47. The number of phenolic OH excluding ortho intramolecular Hbond substituents is 1. The zero-order valence-corrected chi connectivity index (χ0v) is 15.6. The van der Waals surface area contributed by atoms with E-state index in [0.29, 0.717) is 5.92 Å². The zero-order chi connectivity index (χ0) is 17.7. The first-order chi connectivity index (χ1) is 12.0. The Morgan fingerprint density at radius 3 is 2.92 bits per heavy atom. The molecule has 1 aliphatic carbocycles. The molecule has 0 fully saturated rings. The first-order valence-electron chi connectivity index (χ1n) is 8.26. The monoisotopic (exact) mass is 378 g/mol. The molecule has 0 bridgehead atoms. The Kier molecular flexibility index (Phi) is 4.04. The van der Waals surface area contributed by atoms with Crippen molar-refractivity contribution in [3.63, 3.8) is 0 Å². The summed E-state index contributed by atoms with van der Waals surface area (Å²) < 4.78 is 5.16. The van der Waals surface area contributed by atoms with Crippen molar-refractivity contribution >= 4 is 33.8 Å². The number of benzene rings is 1.